The summed E-state index contributed by atoms with van der Waals surface area (Å²) in [7, 11) is 3.66. The molecule has 0 aromatic heterocycles. The molecular formula is C22H26BNO2. The van der Waals surface area contributed by atoms with Crippen molar-refractivity contribution < 1.29 is 9.31 Å². The van der Waals surface area contributed by atoms with Gasteiger partial charge >= 0.3 is 7.12 Å². The van der Waals surface area contributed by atoms with Gasteiger partial charge in [0.25, 0.3) is 0 Å². The van der Waals surface area contributed by atoms with Crippen molar-refractivity contribution in [3.8, 4) is 11.8 Å². The van der Waals surface area contributed by atoms with Crippen LogP contribution in [0.5, 0.6) is 0 Å². The lowest BCUT2D eigenvalue weighted by atomic mass is 9.78. The van der Waals surface area contributed by atoms with Crippen molar-refractivity contribution in [2.45, 2.75) is 38.9 Å². The van der Waals surface area contributed by atoms with Gasteiger partial charge in [-0.05, 0) is 63.5 Å². The van der Waals surface area contributed by atoms with Crippen molar-refractivity contribution in [2.24, 2.45) is 0 Å². The molecule has 1 saturated heterocycles. The third kappa shape index (κ3) is 3.80. The Labute approximate surface area is 157 Å². The molecule has 0 bridgehead atoms. The van der Waals surface area contributed by atoms with E-state index in [-0.39, 0.29) is 11.2 Å². The van der Waals surface area contributed by atoms with Gasteiger partial charge in [0, 0.05) is 30.9 Å². The Morgan fingerprint density at radius 3 is 1.96 bits per heavy atom. The van der Waals surface area contributed by atoms with Crippen LogP contribution in [0.25, 0.3) is 0 Å². The van der Waals surface area contributed by atoms with Crippen molar-refractivity contribution in [2.75, 3.05) is 19.0 Å². The number of benzene rings is 2. The largest absolute Gasteiger partial charge is 0.494 e. The van der Waals surface area contributed by atoms with Crippen molar-refractivity contribution >= 4 is 18.3 Å². The average molecular weight is 347 g/mol. The van der Waals surface area contributed by atoms with Gasteiger partial charge in [0.05, 0.1) is 11.2 Å². The van der Waals surface area contributed by atoms with Crippen LogP contribution >= 0.6 is 0 Å². The lowest BCUT2D eigenvalue weighted by molar-refractivity contribution is 0.00578. The van der Waals surface area contributed by atoms with E-state index in [1.54, 1.807) is 0 Å². The summed E-state index contributed by atoms with van der Waals surface area (Å²) in [5, 5.41) is 0. The highest BCUT2D eigenvalue weighted by Crippen LogP contribution is 2.36. The first-order valence-electron chi connectivity index (χ1n) is 8.93. The quantitative estimate of drug-likeness (QED) is 0.614. The van der Waals surface area contributed by atoms with E-state index in [9.17, 15) is 0 Å². The number of nitrogens with zero attached hydrogens (tertiary/aromatic N) is 1. The highest BCUT2D eigenvalue weighted by Gasteiger charge is 2.51. The Balaban J connectivity index is 1.97. The molecule has 134 valence electrons. The summed E-state index contributed by atoms with van der Waals surface area (Å²) in [4.78, 5) is 2.07. The topological polar surface area (TPSA) is 21.7 Å². The van der Waals surface area contributed by atoms with Gasteiger partial charge in [-0.25, -0.2) is 0 Å². The molecule has 0 aliphatic carbocycles. The number of hydrogen-bond acceptors (Lipinski definition) is 3. The van der Waals surface area contributed by atoms with E-state index in [4.69, 9.17) is 9.31 Å². The van der Waals surface area contributed by atoms with Gasteiger partial charge in [0.1, 0.15) is 0 Å². The van der Waals surface area contributed by atoms with Crippen molar-refractivity contribution in [1.82, 2.24) is 0 Å². The molecule has 3 rings (SSSR count). The SMILES string of the molecule is CN(C)c1cc(C#Cc2ccccc2)cc(B2OC(C)(C)C(C)(C)O2)c1. The molecule has 0 spiro atoms. The number of rotatable bonds is 2. The van der Waals surface area contributed by atoms with Crippen LogP contribution in [0.2, 0.25) is 0 Å². The first kappa shape index (κ1) is 18.6. The van der Waals surface area contributed by atoms with Gasteiger partial charge in [0.15, 0.2) is 0 Å². The van der Waals surface area contributed by atoms with Crippen LogP contribution in [0.3, 0.4) is 0 Å². The molecule has 0 radical (unpaired) electrons. The predicted molar refractivity (Wildman–Crippen MR) is 109 cm³/mol. The van der Waals surface area contributed by atoms with E-state index in [1.165, 1.54) is 0 Å². The zero-order valence-corrected chi connectivity index (χ0v) is 16.5. The fourth-order valence-corrected chi connectivity index (χ4v) is 2.75. The summed E-state index contributed by atoms with van der Waals surface area (Å²) in [5.74, 6) is 6.50. The van der Waals surface area contributed by atoms with Gasteiger partial charge in [-0.2, -0.15) is 0 Å². The zero-order valence-electron chi connectivity index (χ0n) is 16.5. The molecule has 3 nitrogen and oxygen atoms in total. The van der Waals surface area contributed by atoms with Crippen LogP contribution in [0, 0.1) is 11.8 Å². The average Bonchev–Trinajstić information content (AvgIpc) is 2.81. The molecule has 2 aromatic carbocycles. The fourth-order valence-electron chi connectivity index (χ4n) is 2.75. The van der Waals surface area contributed by atoms with E-state index in [2.05, 4.69) is 62.6 Å². The van der Waals surface area contributed by atoms with Gasteiger partial charge in [0.2, 0.25) is 0 Å². The second-order valence-electron chi connectivity index (χ2n) is 7.91. The van der Waals surface area contributed by atoms with Crippen LogP contribution in [0.1, 0.15) is 38.8 Å². The van der Waals surface area contributed by atoms with E-state index in [0.717, 1.165) is 22.3 Å². The maximum Gasteiger partial charge on any atom is 0.494 e. The lowest BCUT2D eigenvalue weighted by Gasteiger charge is -2.32. The molecule has 26 heavy (non-hydrogen) atoms. The van der Waals surface area contributed by atoms with Gasteiger partial charge in [-0.15, -0.1) is 0 Å². The minimum atomic E-state index is -0.392. The molecule has 2 aromatic rings. The predicted octanol–water partition coefficient (Wildman–Crippen LogP) is 3.45. The molecule has 0 N–H and O–H groups in total. The molecule has 0 saturated carbocycles. The maximum absolute atomic E-state index is 6.21. The standard InChI is InChI=1S/C22H26BNO2/c1-21(2)22(3,4)26-23(25-21)19-14-18(15-20(16-19)24(5)6)13-12-17-10-8-7-9-11-17/h7-11,14-16H,1-6H3. The Bertz CT molecular complexity index is 831. The van der Waals surface area contributed by atoms with Crippen LogP contribution in [0.15, 0.2) is 48.5 Å². The normalized spacial score (nSPS) is 17.5. The molecule has 1 aliphatic heterocycles. The first-order chi connectivity index (χ1) is 12.2. The van der Waals surface area contributed by atoms with E-state index >= 15 is 0 Å². The second kappa shape index (κ2) is 6.83. The van der Waals surface area contributed by atoms with Gasteiger partial charge in [-0.3, -0.25) is 0 Å². The Morgan fingerprint density at radius 1 is 0.808 bits per heavy atom. The minimum absolute atomic E-state index is 0.359. The van der Waals surface area contributed by atoms with Crippen molar-refractivity contribution in [3.05, 3.63) is 59.7 Å². The van der Waals surface area contributed by atoms with E-state index in [0.29, 0.717) is 0 Å². The lowest BCUT2D eigenvalue weighted by Crippen LogP contribution is -2.41. The number of hydrogen-bond donors (Lipinski definition) is 0. The van der Waals surface area contributed by atoms with Crippen molar-refractivity contribution in [1.29, 1.82) is 0 Å². The summed E-state index contributed by atoms with van der Waals surface area (Å²) < 4.78 is 12.4. The molecule has 1 aliphatic rings. The molecule has 4 heteroatoms. The van der Waals surface area contributed by atoms with Gasteiger partial charge in [-0.1, -0.05) is 30.0 Å². The van der Waals surface area contributed by atoms with Crippen molar-refractivity contribution in [3.63, 3.8) is 0 Å². The second-order valence-corrected chi connectivity index (χ2v) is 7.91. The first-order valence-corrected chi connectivity index (χ1v) is 8.93. The Morgan fingerprint density at radius 2 is 1.38 bits per heavy atom. The molecule has 1 heterocycles. The van der Waals surface area contributed by atoms with Gasteiger partial charge < -0.3 is 14.2 Å². The van der Waals surface area contributed by atoms with E-state index in [1.807, 2.05) is 44.4 Å². The highest BCUT2D eigenvalue weighted by molar-refractivity contribution is 6.62. The smallest absolute Gasteiger partial charge is 0.399 e. The summed E-state index contributed by atoms with van der Waals surface area (Å²) in [6.45, 7) is 8.27. The third-order valence-electron chi connectivity index (χ3n) is 5.11. The third-order valence-corrected chi connectivity index (χ3v) is 5.11. The summed E-state index contributed by atoms with van der Waals surface area (Å²) in [5.41, 5.74) is 3.30. The minimum Gasteiger partial charge on any atom is -0.399 e. The fraction of sp³-hybridized carbons (Fsp3) is 0.364. The van der Waals surface area contributed by atoms with Crippen LogP contribution < -0.4 is 10.4 Å². The highest BCUT2D eigenvalue weighted by atomic mass is 16.7. The molecular weight excluding hydrogens is 321 g/mol. The van der Waals surface area contributed by atoms with Crippen LogP contribution in [0.4, 0.5) is 5.69 Å². The summed E-state index contributed by atoms with van der Waals surface area (Å²) >= 11 is 0. The molecule has 0 unspecified atom stereocenters. The molecule has 0 atom stereocenters. The monoisotopic (exact) mass is 347 g/mol. The number of anilines is 1. The maximum atomic E-state index is 6.21. The molecule has 0 amide bonds. The Kier molecular flexibility index (Phi) is 4.88. The molecule has 1 fully saturated rings. The summed E-state index contributed by atoms with van der Waals surface area (Å²) in [6.07, 6.45) is 0. The summed E-state index contributed by atoms with van der Waals surface area (Å²) in [6, 6.07) is 16.3. The van der Waals surface area contributed by atoms with Crippen LogP contribution in [-0.4, -0.2) is 32.4 Å². The van der Waals surface area contributed by atoms with E-state index < -0.39 is 7.12 Å². The van der Waals surface area contributed by atoms with Crippen LogP contribution in [-0.2, 0) is 9.31 Å². The zero-order chi connectivity index (χ0) is 18.9. The Hall–Kier alpha value is -2.22.